The van der Waals surface area contributed by atoms with Crippen molar-refractivity contribution < 1.29 is 9.47 Å². The number of rotatable bonds is 8. The third-order valence-corrected chi connectivity index (χ3v) is 2.21. The summed E-state index contributed by atoms with van der Waals surface area (Å²) in [5, 5.41) is 0. The third-order valence-electron chi connectivity index (χ3n) is 2.21. The monoisotopic (exact) mass is 224 g/mol. The second kappa shape index (κ2) is 8.07. The molecule has 0 spiro atoms. The molecule has 16 heavy (non-hydrogen) atoms. The van der Waals surface area contributed by atoms with Gasteiger partial charge in [-0.25, -0.2) is 0 Å². The van der Waals surface area contributed by atoms with Crippen molar-refractivity contribution in [2.45, 2.75) is 26.3 Å². The highest BCUT2D eigenvalue weighted by Gasteiger charge is 2.00. The highest BCUT2D eigenvalue weighted by Crippen LogP contribution is 2.15. The second-order valence-electron chi connectivity index (χ2n) is 3.50. The lowest BCUT2D eigenvalue weighted by atomic mass is 10.2. The fourth-order valence-corrected chi connectivity index (χ4v) is 1.27. The van der Waals surface area contributed by atoms with Crippen molar-refractivity contribution in [2.24, 2.45) is 5.73 Å². The molecule has 90 valence electrons. The van der Waals surface area contributed by atoms with Crippen LogP contribution >= 0.6 is 0 Å². The molecule has 0 fully saturated rings. The first kappa shape index (κ1) is 12.9. The standard InChI is InChI=1S/C12H20N2O2/c1-2-3-6-15-7-8-16-12-4-5-14-10-11(12)9-13/h4-5,10H,2-3,6-9,13H2,1H3. The lowest BCUT2D eigenvalue weighted by molar-refractivity contribution is 0.0977. The van der Waals surface area contributed by atoms with Crippen LogP contribution in [-0.4, -0.2) is 24.8 Å². The number of unbranched alkanes of at least 4 members (excludes halogenated alkanes) is 1. The Morgan fingerprint density at radius 1 is 1.31 bits per heavy atom. The average molecular weight is 224 g/mol. The summed E-state index contributed by atoms with van der Waals surface area (Å²) in [6, 6.07) is 1.83. The van der Waals surface area contributed by atoms with Crippen LogP contribution in [0, 0.1) is 0 Å². The molecule has 0 aromatic carbocycles. The van der Waals surface area contributed by atoms with Crippen LogP contribution in [-0.2, 0) is 11.3 Å². The van der Waals surface area contributed by atoms with Crippen molar-refractivity contribution >= 4 is 0 Å². The summed E-state index contributed by atoms with van der Waals surface area (Å²) in [5.74, 6) is 0.802. The Labute approximate surface area is 96.8 Å². The van der Waals surface area contributed by atoms with Gasteiger partial charge in [-0.3, -0.25) is 4.98 Å². The Kier molecular flexibility index (Phi) is 6.53. The van der Waals surface area contributed by atoms with E-state index in [0.29, 0.717) is 19.8 Å². The Morgan fingerprint density at radius 2 is 2.19 bits per heavy atom. The van der Waals surface area contributed by atoms with Gasteiger partial charge in [0.1, 0.15) is 12.4 Å². The lowest BCUT2D eigenvalue weighted by Gasteiger charge is -2.09. The van der Waals surface area contributed by atoms with Crippen molar-refractivity contribution in [3.05, 3.63) is 24.0 Å². The number of pyridine rings is 1. The molecular formula is C12H20N2O2. The normalized spacial score (nSPS) is 10.4. The maximum atomic E-state index is 5.57. The highest BCUT2D eigenvalue weighted by atomic mass is 16.5. The molecule has 0 saturated heterocycles. The zero-order valence-corrected chi connectivity index (χ0v) is 9.82. The van der Waals surface area contributed by atoms with Crippen molar-refractivity contribution in [1.82, 2.24) is 4.98 Å². The van der Waals surface area contributed by atoms with Crippen molar-refractivity contribution in [3.8, 4) is 5.75 Å². The first-order chi connectivity index (χ1) is 7.88. The minimum absolute atomic E-state index is 0.444. The minimum atomic E-state index is 0.444. The first-order valence-corrected chi connectivity index (χ1v) is 5.72. The molecule has 1 aromatic heterocycles. The molecule has 0 amide bonds. The van der Waals surface area contributed by atoms with Gasteiger partial charge in [-0.05, 0) is 12.5 Å². The molecule has 0 radical (unpaired) electrons. The van der Waals surface area contributed by atoms with Crippen molar-refractivity contribution in [3.63, 3.8) is 0 Å². The SMILES string of the molecule is CCCCOCCOc1ccncc1CN. The smallest absolute Gasteiger partial charge is 0.126 e. The Hall–Kier alpha value is -1.13. The molecule has 0 bridgehead atoms. The largest absolute Gasteiger partial charge is 0.491 e. The fourth-order valence-electron chi connectivity index (χ4n) is 1.27. The molecule has 0 aliphatic heterocycles. The molecule has 1 rings (SSSR count). The van der Waals surface area contributed by atoms with E-state index in [2.05, 4.69) is 11.9 Å². The summed E-state index contributed by atoms with van der Waals surface area (Å²) in [7, 11) is 0. The number of nitrogens with zero attached hydrogens (tertiary/aromatic N) is 1. The van der Waals surface area contributed by atoms with Crippen LogP contribution in [0.25, 0.3) is 0 Å². The second-order valence-corrected chi connectivity index (χ2v) is 3.50. The van der Waals surface area contributed by atoms with Crippen LogP contribution < -0.4 is 10.5 Å². The summed E-state index contributed by atoms with van der Waals surface area (Å²) in [5.41, 5.74) is 6.50. The summed E-state index contributed by atoms with van der Waals surface area (Å²) >= 11 is 0. The van der Waals surface area contributed by atoms with Gasteiger partial charge in [0.15, 0.2) is 0 Å². The van der Waals surface area contributed by atoms with E-state index in [1.807, 2.05) is 6.07 Å². The molecule has 2 N–H and O–H groups in total. The Bertz CT molecular complexity index is 292. The van der Waals surface area contributed by atoms with E-state index in [-0.39, 0.29) is 0 Å². The molecule has 4 heteroatoms. The van der Waals surface area contributed by atoms with E-state index < -0.39 is 0 Å². The van der Waals surface area contributed by atoms with E-state index in [9.17, 15) is 0 Å². The minimum Gasteiger partial charge on any atom is -0.491 e. The molecule has 1 aromatic rings. The number of aromatic nitrogens is 1. The summed E-state index contributed by atoms with van der Waals surface area (Å²) in [6.07, 6.45) is 5.69. The summed E-state index contributed by atoms with van der Waals surface area (Å²) < 4.78 is 11.0. The van der Waals surface area contributed by atoms with E-state index in [1.54, 1.807) is 12.4 Å². The number of hydrogen-bond donors (Lipinski definition) is 1. The van der Waals surface area contributed by atoms with E-state index in [4.69, 9.17) is 15.2 Å². The van der Waals surface area contributed by atoms with E-state index in [1.165, 1.54) is 0 Å². The maximum absolute atomic E-state index is 5.57. The zero-order chi connectivity index (χ0) is 11.6. The van der Waals surface area contributed by atoms with Crippen LogP contribution in [0.2, 0.25) is 0 Å². The van der Waals surface area contributed by atoms with Crippen LogP contribution in [0.4, 0.5) is 0 Å². The van der Waals surface area contributed by atoms with Gasteiger partial charge in [0.05, 0.1) is 6.61 Å². The average Bonchev–Trinajstić information content (AvgIpc) is 2.34. The predicted molar refractivity (Wildman–Crippen MR) is 63.4 cm³/mol. The van der Waals surface area contributed by atoms with Gasteiger partial charge in [-0.15, -0.1) is 0 Å². The zero-order valence-electron chi connectivity index (χ0n) is 9.82. The van der Waals surface area contributed by atoms with Gasteiger partial charge in [0.25, 0.3) is 0 Å². The Morgan fingerprint density at radius 3 is 2.94 bits per heavy atom. The van der Waals surface area contributed by atoms with Gasteiger partial charge >= 0.3 is 0 Å². The molecule has 0 saturated carbocycles. The Balaban J connectivity index is 2.21. The van der Waals surface area contributed by atoms with Crippen LogP contribution in [0.15, 0.2) is 18.5 Å². The molecule has 0 aliphatic carbocycles. The summed E-state index contributed by atoms with van der Waals surface area (Å²) in [4.78, 5) is 3.99. The first-order valence-electron chi connectivity index (χ1n) is 5.72. The number of ether oxygens (including phenoxy) is 2. The van der Waals surface area contributed by atoms with Gasteiger partial charge in [-0.2, -0.15) is 0 Å². The van der Waals surface area contributed by atoms with E-state index >= 15 is 0 Å². The molecule has 0 atom stereocenters. The molecule has 1 heterocycles. The topological polar surface area (TPSA) is 57.4 Å². The third kappa shape index (κ3) is 4.59. The quantitative estimate of drug-likeness (QED) is 0.683. The molecule has 4 nitrogen and oxygen atoms in total. The van der Waals surface area contributed by atoms with Crippen molar-refractivity contribution in [2.75, 3.05) is 19.8 Å². The predicted octanol–water partition coefficient (Wildman–Crippen LogP) is 1.74. The van der Waals surface area contributed by atoms with Crippen LogP contribution in [0.3, 0.4) is 0 Å². The van der Waals surface area contributed by atoms with Gasteiger partial charge < -0.3 is 15.2 Å². The maximum Gasteiger partial charge on any atom is 0.126 e. The number of hydrogen-bond acceptors (Lipinski definition) is 4. The van der Waals surface area contributed by atoms with Crippen LogP contribution in [0.5, 0.6) is 5.75 Å². The molecule has 0 aliphatic rings. The molecular weight excluding hydrogens is 204 g/mol. The van der Waals surface area contributed by atoms with Gasteiger partial charge in [0, 0.05) is 31.1 Å². The van der Waals surface area contributed by atoms with Gasteiger partial charge in [0.2, 0.25) is 0 Å². The molecule has 0 unspecified atom stereocenters. The van der Waals surface area contributed by atoms with Crippen molar-refractivity contribution in [1.29, 1.82) is 0 Å². The van der Waals surface area contributed by atoms with E-state index in [0.717, 1.165) is 30.8 Å². The van der Waals surface area contributed by atoms with Crippen LogP contribution in [0.1, 0.15) is 25.3 Å². The highest BCUT2D eigenvalue weighted by molar-refractivity contribution is 5.29. The fraction of sp³-hybridized carbons (Fsp3) is 0.583. The van der Waals surface area contributed by atoms with Gasteiger partial charge in [-0.1, -0.05) is 13.3 Å². The number of nitrogens with two attached hydrogens (primary N) is 1. The summed E-state index contributed by atoms with van der Waals surface area (Å²) in [6.45, 7) is 4.57. The lowest BCUT2D eigenvalue weighted by Crippen LogP contribution is -2.09.